The third-order valence-electron chi connectivity index (χ3n) is 24.3. The van der Waals surface area contributed by atoms with Crippen molar-refractivity contribution in [3.63, 3.8) is 0 Å². The molecule has 0 bridgehead atoms. The second-order valence-electron chi connectivity index (χ2n) is 33.4. The molecule has 4 fully saturated rings. The summed E-state index contributed by atoms with van der Waals surface area (Å²) in [6.07, 6.45) is -10.3. The lowest BCUT2D eigenvalue weighted by molar-refractivity contribution is -0.234. The van der Waals surface area contributed by atoms with Crippen LogP contribution in [0.1, 0.15) is 134 Å². The van der Waals surface area contributed by atoms with Gasteiger partial charge in [0.15, 0.2) is 23.3 Å². The molecule has 4 aromatic carbocycles. The van der Waals surface area contributed by atoms with Crippen molar-refractivity contribution in [1.29, 1.82) is 0 Å². The molecule has 1 saturated heterocycles. The number of nitrogens with zero attached hydrogens (tertiary/aromatic N) is 1. The van der Waals surface area contributed by atoms with Gasteiger partial charge in [0.2, 0.25) is 47.1 Å². The number of ketones is 2. The van der Waals surface area contributed by atoms with Crippen LogP contribution in [0.25, 0.3) is 0 Å². The molecule has 6 aliphatic rings. The molecule has 3 saturated carbocycles. The number of nitrogens with one attached hydrogen (secondary N) is 8. The molecule has 10 amide bonds. The standard InChI is InChI=1S/C91H118F2N10O25/c1-6-12-79-127-74-47-63-64-46-66(92)65-45-61(105)32-34-88(65,4)90(64,93)72(108)48-89(63,5)91(74,128-79)73(109)53-125-62-26-24-60(25-27-62)99-87(120)126-52-55-18-22-59(23-19-55)98-83(116)67(16-11-35-96-86(94)119)101-85(118)80(54(2)3)102-84(117)68(28-29-76(111)97-49-70(106)81(114)82(115)71(107)51-104)100-77(112)33-37-121-39-41-123-43-44-124-42-40-122-38-36-95-75(110)30-31-78(113)103-50-58-15-8-7-13-56(58)20-21-57-14-9-10-17-69(57)103/h7-10,13-15,17-19,22-27,32,34,45,54,63-64,66-68,70-72,74,79-82,104,106-108,114-115H,6,11-12,16,28-31,33,35-44,46-53H2,1-5H3,(H,95,110)(H,97,111)(H,98,116)(H,99,120)(H,100,112)(H,101,118)(H,102,117)(H3,94,96,119)/t63-,64-,66-,67-,68+,70-,71+,72-,74+,79?,80-,81+,82+,88-,89-,90-,91+/m0/s1. The average Bonchev–Trinajstić information content (AvgIpc) is 1.46. The third-order valence-corrected chi connectivity index (χ3v) is 24.3. The number of ether oxygens (including phenoxy) is 8. The molecular formula is C91H118F2N10O25. The molecular weight excluding hydrogens is 1670 g/mol. The minimum absolute atomic E-state index is 0.00430. The van der Waals surface area contributed by atoms with E-state index in [1.54, 1.807) is 37.8 Å². The Hall–Kier alpha value is -10.7. The van der Waals surface area contributed by atoms with Crippen LogP contribution in [0.3, 0.4) is 0 Å². The maximum Gasteiger partial charge on any atom is 0.411 e. The first-order valence-electron chi connectivity index (χ1n) is 43.2. The Kier molecular flexibility index (Phi) is 36.1. The summed E-state index contributed by atoms with van der Waals surface area (Å²) in [5.41, 5.74) is 2.49. The van der Waals surface area contributed by atoms with E-state index in [1.807, 2.05) is 55.5 Å². The lowest BCUT2D eigenvalue weighted by Crippen LogP contribution is -2.71. The number of rotatable bonds is 48. The maximum absolute atomic E-state index is 18.0. The van der Waals surface area contributed by atoms with Crippen molar-refractivity contribution in [2.24, 2.45) is 34.3 Å². The zero-order valence-corrected chi connectivity index (χ0v) is 72.4. The van der Waals surface area contributed by atoms with Gasteiger partial charge in [-0.05, 0) is 147 Å². The molecule has 0 radical (unpaired) electrons. The van der Waals surface area contributed by atoms with E-state index >= 15 is 8.78 Å². The number of hydrogen-bond donors (Lipinski definition) is 15. The predicted octanol–water partition coefficient (Wildman–Crippen LogP) is 3.72. The van der Waals surface area contributed by atoms with Crippen molar-refractivity contribution in [2.45, 2.75) is 203 Å². The van der Waals surface area contributed by atoms with E-state index in [0.29, 0.717) is 30.6 Å². The number of hydrogen-bond acceptors (Lipinski definition) is 25. The highest BCUT2D eigenvalue weighted by molar-refractivity contribution is 6.02. The Balaban J connectivity index is 0.652. The number of carbonyl (C=O) groups excluding carboxylic acids is 11. The molecule has 0 spiro atoms. The Morgan fingerprint density at radius 1 is 0.672 bits per heavy atom. The predicted molar refractivity (Wildman–Crippen MR) is 458 cm³/mol. The zero-order chi connectivity index (χ0) is 92.5. The Bertz CT molecular complexity index is 4670. The third kappa shape index (κ3) is 25.0. The smallest absolute Gasteiger partial charge is 0.411 e. The SMILES string of the molecule is CCCC1O[C@@H]2C[C@H]3[C@@H]4C[C@H](F)C5=CC(=O)C=C[C@]5(C)[C@@]4(F)[C@@H](O)C[C@]3(C)[C@]2(C(=O)COc2ccc(NC(=O)OCc3ccc(NC(=O)[C@H](CCCNC(N)=O)NC(=O)[C@@H](NC(=O)[C@@H](CCC(=O)NC[C@H](O)[C@@H](O)[C@H](O)[C@H](O)CO)NC(=O)CCOCCOCCOCCOCCNC(=O)CCC(=O)N4Cc5ccccc5C#Cc5ccccc54)C(C)C)cc3)cc2)O1. The summed E-state index contributed by atoms with van der Waals surface area (Å²) in [6.45, 7) is 7.64. The topological polar surface area (TPSA) is 508 Å². The van der Waals surface area contributed by atoms with Crippen LogP contribution in [-0.2, 0) is 89.5 Å². The van der Waals surface area contributed by atoms with Crippen LogP contribution in [-0.4, -0.2) is 260 Å². The van der Waals surface area contributed by atoms with E-state index in [-0.39, 0.29) is 158 Å². The monoisotopic (exact) mass is 1790 g/mol. The number of urea groups is 1. The fourth-order valence-electron chi connectivity index (χ4n) is 17.5. The lowest BCUT2D eigenvalue weighted by atomic mass is 9.44. The molecule has 17 atom stereocenters. The molecule has 0 aromatic heterocycles. The maximum atomic E-state index is 18.0. The van der Waals surface area contributed by atoms with Crippen LogP contribution in [0, 0.1) is 40.4 Å². The van der Waals surface area contributed by atoms with Gasteiger partial charge in [0.05, 0.1) is 90.0 Å². The molecule has 10 rings (SSSR count). The number of Topliss-reactive ketones (excluding diaryl/α,β-unsaturated/α-hetero) is 1. The number of para-hydroxylation sites is 1. The number of aliphatic hydroxyl groups excluding tert-OH is 6. The summed E-state index contributed by atoms with van der Waals surface area (Å²) in [7, 11) is 0. The van der Waals surface area contributed by atoms with Gasteiger partial charge in [-0.15, -0.1) is 0 Å². The normalized spacial score (nSPS) is 23.9. The fourth-order valence-corrected chi connectivity index (χ4v) is 17.5. The molecule has 128 heavy (non-hydrogen) atoms. The first-order valence-corrected chi connectivity index (χ1v) is 43.2. The van der Waals surface area contributed by atoms with Crippen LogP contribution in [0.4, 0.5) is 35.4 Å². The van der Waals surface area contributed by atoms with E-state index in [0.717, 1.165) is 22.8 Å². The number of benzene rings is 4. The van der Waals surface area contributed by atoms with Crippen molar-refractivity contribution in [3.05, 3.63) is 143 Å². The van der Waals surface area contributed by atoms with Gasteiger partial charge in [-0.3, -0.25) is 48.5 Å². The minimum atomic E-state index is -2.38. The summed E-state index contributed by atoms with van der Waals surface area (Å²) in [4.78, 5) is 149. The van der Waals surface area contributed by atoms with Crippen molar-refractivity contribution in [3.8, 4) is 17.6 Å². The highest BCUT2D eigenvalue weighted by Gasteiger charge is 2.80. The molecule has 35 nitrogen and oxygen atoms in total. The molecule has 4 aliphatic carbocycles. The van der Waals surface area contributed by atoms with E-state index in [2.05, 4.69) is 54.4 Å². The lowest BCUT2D eigenvalue weighted by Gasteiger charge is -2.63. The molecule has 1 unspecified atom stereocenters. The second kappa shape index (κ2) is 46.5. The van der Waals surface area contributed by atoms with Crippen LogP contribution in [0.15, 0.2) is 121 Å². The quantitative estimate of drug-likeness (QED) is 0.0221. The first-order chi connectivity index (χ1) is 61.2. The zero-order valence-electron chi connectivity index (χ0n) is 72.4. The van der Waals surface area contributed by atoms with E-state index in [9.17, 15) is 83.4 Å². The number of aliphatic hydroxyl groups is 6. The fraction of sp³-hybridized carbons (Fsp3) is 0.549. The minimum Gasteiger partial charge on any atom is -0.486 e. The van der Waals surface area contributed by atoms with E-state index in [1.165, 1.54) is 55.5 Å². The number of carbonyl (C=O) groups is 11. The van der Waals surface area contributed by atoms with Gasteiger partial charge in [-0.1, -0.05) is 94.5 Å². The summed E-state index contributed by atoms with van der Waals surface area (Å²) in [5, 5.41) is 82.4. The largest absolute Gasteiger partial charge is 0.486 e. The number of anilines is 3. The van der Waals surface area contributed by atoms with Crippen LogP contribution in [0.2, 0.25) is 0 Å². The number of alkyl halides is 2. The summed E-state index contributed by atoms with van der Waals surface area (Å²) >= 11 is 0. The van der Waals surface area contributed by atoms with Gasteiger partial charge in [-0.25, -0.2) is 18.4 Å². The average molecular weight is 1790 g/mol. The first kappa shape index (κ1) is 99.4. The number of amides is 10. The van der Waals surface area contributed by atoms with Crippen molar-refractivity contribution < 1.29 is 130 Å². The Morgan fingerprint density at radius 2 is 1.30 bits per heavy atom. The highest BCUT2D eigenvalue weighted by Crippen LogP contribution is 2.72. The number of nitrogens with two attached hydrogens (primary N) is 1. The van der Waals surface area contributed by atoms with Crippen molar-refractivity contribution in [1.82, 2.24) is 31.9 Å². The number of allylic oxidation sites excluding steroid dienone is 4. The summed E-state index contributed by atoms with van der Waals surface area (Å²) in [5.74, 6) is -1.35. The number of fused-ring (bicyclic) bond motifs is 9. The summed E-state index contributed by atoms with van der Waals surface area (Å²) < 4.78 is 81.2. The highest BCUT2D eigenvalue weighted by atomic mass is 19.1. The van der Waals surface area contributed by atoms with Gasteiger partial charge < -0.3 is 116 Å². The van der Waals surface area contributed by atoms with Crippen LogP contribution in [0.5, 0.6) is 5.75 Å². The van der Waals surface area contributed by atoms with Gasteiger partial charge in [0.1, 0.15) is 61.6 Å². The number of primary amides is 1. The molecule has 37 heteroatoms. The molecule has 2 aliphatic heterocycles. The second-order valence-corrected chi connectivity index (χ2v) is 33.4. The van der Waals surface area contributed by atoms with Gasteiger partial charge in [0, 0.05) is 84.6 Å². The van der Waals surface area contributed by atoms with Crippen molar-refractivity contribution in [2.75, 3.05) is 101 Å². The molecule has 696 valence electrons. The molecule has 2 heterocycles. The Morgan fingerprint density at radius 3 is 1.99 bits per heavy atom. The summed E-state index contributed by atoms with van der Waals surface area (Å²) in [6, 6.07) is 22.1. The van der Waals surface area contributed by atoms with Crippen LogP contribution < -0.4 is 57.9 Å². The number of halogens is 2. The van der Waals surface area contributed by atoms with Gasteiger partial charge in [-0.2, -0.15) is 0 Å². The van der Waals surface area contributed by atoms with Gasteiger partial charge in [0.25, 0.3) is 0 Å². The van der Waals surface area contributed by atoms with Crippen LogP contribution >= 0.6 is 0 Å². The van der Waals surface area contributed by atoms with Crippen molar-refractivity contribution >= 4 is 82.1 Å². The van der Waals surface area contributed by atoms with Gasteiger partial charge >= 0.3 is 12.1 Å². The Labute approximate surface area is 740 Å². The van der Waals surface area contributed by atoms with E-state index in [4.69, 9.17) is 43.6 Å². The molecule has 4 aromatic rings. The van der Waals surface area contributed by atoms with E-state index < -0.39 is 193 Å². The molecule has 16 N–H and O–H groups in total.